The van der Waals surface area contributed by atoms with E-state index in [0.29, 0.717) is 16.9 Å². The Hall–Kier alpha value is -4.46. The van der Waals surface area contributed by atoms with Crippen LogP contribution in [0.3, 0.4) is 0 Å². The van der Waals surface area contributed by atoms with Crippen LogP contribution < -0.4 is 0 Å². The van der Waals surface area contributed by atoms with Crippen LogP contribution in [0.4, 0.5) is 5.69 Å². The van der Waals surface area contributed by atoms with E-state index in [-0.39, 0.29) is 16.8 Å². The summed E-state index contributed by atoms with van der Waals surface area (Å²) in [4.78, 5) is 22.6. The summed E-state index contributed by atoms with van der Waals surface area (Å²) in [6.07, 6.45) is 0. The van der Waals surface area contributed by atoms with Crippen LogP contribution in [0.1, 0.15) is 15.9 Å². The molecule has 0 saturated heterocycles. The normalized spacial score (nSPS) is 10.7. The number of aryl methyl sites for hydroxylation is 1. The molecular weight excluding hydrogens is 398 g/mol. The molecule has 0 aliphatic rings. The Morgan fingerprint density at radius 2 is 1.68 bits per heavy atom. The average molecular weight is 415 g/mol. The van der Waals surface area contributed by atoms with E-state index in [1.807, 2.05) is 37.3 Å². The van der Waals surface area contributed by atoms with Crippen LogP contribution in [-0.4, -0.2) is 30.9 Å². The van der Waals surface area contributed by atoms with Gasteiger partial charge in [0.05, 0.1) is 16.3 Å². The standard InChI is InChI=1S/C23H17N3O5/c1-14-7-10-17(11-8-14)25-22(15-5-3-2-4-6-15)20(23(28)29)21(24-25)16-9-12-18(26(30)31)19(27)13-16/h2-13,27H,1H3,(H,28,29). The highest BCUT2D eigenvalue weighted by Crippen LogP contribution is 2.37. The molecule has 0 aliphatic carbocycles. The number of aromatic carboxylic acids is 1. The first-order valence-corrected chi connectivity index (χ1v) is 9.33. The third kappa shape index (κ3) is 3.62. The van der Waals surface area contributed by atoms with Gasteiger partial charge < -0.3 is 10.2 Å². The second kappa shape index (κ2) is 7.75. The van der Waals surface area contributed by atoms with Gasteiger partial charge >= 0.3 is 11.7 Å². The summed E-state index contributed by atoms with van der Waals surface area (Å²) in [5, 5.41) is 35.7. The number of aromatic nitrogens is 2. The van der Waals surface area contributed by atoms with E-state index in [2.05, 4.69) is 5.10 Å². The number of carbonyl (C=O) groups is 1. The molecule has 0 radical (unpaired) electrons. The molecule has 4 aromatic rings. The molecule has 3 aromatic carbocycles. The van der Waals surface area contributed by atoms with Gasteiger partial charge in [-0.25, -0.2) is 9.48 Å². The van der Waals surface area contributed by atoms with Crippen molar-refractivity contribution >= 4 is 11.7 Å². The molecule has 1 aromatic heterocycles. The van der Waals surface area contributed by atoms with E-state index in [4.69, 9.17) is 0 Å². The molecule has 4 rings (SSSR count). The monoisotopic (exact) mass is 415 g/mol. The lowest BCUT2D eigenvalue weighted by Gasteiger charge is -2.09. The number of benzene rings is 3. The van der Waals surface area contributed by atoms with Gasteiger partial charge in [0.1, 0.15) is 11.3 Å². The van der Waals surface area contributed by atoms with Crippen LogP contribution in [-0.2, 0) is 0 Å². The van der Waals surface area contributed by atoms with Crippen molar-refractivity contribution in [3.05, 3.63) is 94.0 Å². The zero-order valence-electron chi connectivity index (χ0n) is 16.4. The molecule has 2 N–H and O–H groups in total. The molecule has 8 nitrogen and oxygen atoms in total. The predicted octanol–water partition coefficient (Wildman–Crippen LogP) is 4.83. The van der Waals surface area contributed by atoms with Crippen molar-refractivity contribution in [2.45, 2.75) is 6.92 Å². The molecule has 0 bridgehead atoms. The molecule has 0 unspecified atom stereocenters. The Morgan fingerprint density at radius 3 is 2.26 bits per heavy atom. The average Bonchev–Trinajstić information content (AvgIpc) is 3.15. The van der Waals surface area contributed by atoms with Gasteiger partial charge in [-0.15, -0.1) is 0 Å². The summed E-state index contributed by atoms with van der Waals surface area (Å²) in [7, 11) is 0. The Labute approximate surface area is 176 Å². The van der Waals surface area contributed by atoms with E-state index in [9.17, 15) is 25.1 Å². The minimum absolute atomic E-state index is 0.0694. The number of nitrogens with zero attached hydrogens (tertiary/aromatic N) is 3. The summed E-state index contributed by atoms with van der Waals surface area (Å²) in [5.41, 5.74) is 2.51. The number of carboxylic acid groups (broad SMARTS) is 1. The lowest BCUT2D eigenvalue weighted by atomic mass is 10.0. The van der Waals surface area contributed by atoms with Crippen LogP contribution >= 0.6 is 0 Å². The maximum absolute atomic E-state index is 12.3. The minimum Gasteiger partial charge on any atom is -0.502 e. The van der Waals surface area contributed by atoms with Gasteiger partial charge in [-0.2, -0.15) is 5.10 Å². The van der Waals surface area contributed by atoms with Crippen molar-refractivity contribution < 1.29 is 19.9 Å². The highest BCUT2D eigenvalue weighted by atomic mass is 16.6. The fourth-order valence-corrected chi connectivity index (χ4v) is 3.38. The van der Waals surface area contributed by atoms with Crippen molar-refractivity contribution in [1.29, 1.82) is 0 Å². The Balaban J connectivity index is 2.03. The summed E-state index contributed by atoms with van der Waals surface area (Å²) in [6.45, 7) is 1.94. The second-order valence-electron chi connectivity index (χ2n) is 6.95. The zero-order valence-corrected chi connectivity index (χ0v) is 16.4. The molecule has 1 heterocycles. The second-order valence-corrected chi connectivity index (χ2v) is 6.95. The summed E-state index contributed by atoms with van der Waals surface area (Å²) in [6, 6.07) is 20.1. The maximum Gasteiger partial charge on any atom is 0.340 e. The number of phenolic OH excluding ortho intramolecular Hbond substituents is 1. The molecule has 0 saturated carbocycles. The number of rotatable bonds is 5. The van der Waals surface area contributed by atoms with E-state index in [1.165, 1.54) is 10.7 Å². The van der Waals surface area contributed by atoms with Gasteiger partial charge in [0.25, 0.3) is 0 Å². The van der Waals surface area contributed by atoms with Gasteiger partial charge in [0.15, 0.2) is 5.75 Å². The van der Waals surface area contributed by atoms with Crippen molar-refractivity contribution in [2.24, 2.45) is 0 Å². The lowest BCUT2D eigenvalue weighted by Crippen LogP contribution is -2.03. The Morgan fingerprint density at radius 1 is 1.00 bits per heavy atom. The van der Waals surface area contributed by atoms with E-state index in [0.717, 1.165) is 17.7 Å². The van der Waals surface area contributed by atoms with Gasteiger partial charge in [0, 0.05) is 17.2 Å². The first-order chi connectivity index (χ1) is 14.9. The lowest BCUT2D eigenvalue weighted by molar-refractivity contribution is -0.385. The fraction of sp³-hybridized carbons (Fsp3) is 0.0435. The van der Waals surface area contributed by atoms with Gasteiger partial charge in [0.2, 0.25) is 0 Å². The number of hydrogen-bond acceptors (Lipinski definition) is 5. The maximum atomic E-state index is 12.3. The van der Waals surface area contributed by atoms with Gasteiger partial charge in [-0.1, -0.05) is 48.0 Å². The SMILES string of the molecule is Cc1ccc(-n2nc(-c3ccc([N+](=O)[O-])c(O)c3)c(C(=O)O)c2-c2ccccc2)cc1. The van der Waals surface area contributed by atoms with Gasteiger partial charge in [-0.05, 0) is 31.2 Å². The third-order valence-electron chi connectivity index (χ3n) is 4.87. The minimum atomic E-state index is -1.20. The number of nitro benzene ring substituents is 1. The molecule has 0 atom stereocenters. The quantitative estimate of drug-likeness (QED) is 0.356. The fourth-order valence-electron chi connectivity index (χ4n) is 3.38. The molecule has 0 aliphatic heterocycles. The van der Waals surface area contributed by atoms with Crippen molar-refractivity contribution in [1.82, 2.24) is 9.78 Å². The van der Waals surface area contributed by atoms with Crippen LogP contribution in [0.25, 0.3) is 28.2 Å². The molecule has 154 valence electrons. The number of nitro groups is 1. The smallest absolute Gasteiger partial charge is 0.340 e. The number of hydrogen-bond donors (Lipinski definition) is 2. The first kappa shape index (κ1) is 19.8. The molecule has 0 fully saturated rings. The van der Waals surface area contributed by atoms with Crippen LogP contribution in [0.5, 0.6) is 5.75 Å². The zero-order chi connectivity index (χ0) is 22.1. The van der Waals surface area contributed by atoms with Crippen LogP contribution in [0.15, 0.2) is 72.8 Å². The molecular formula is C23H17N3O5. The third-order valence-corrected chi connectivity index (χ3v) is 4.87. The number of carboxylic acids is 1. The summed E-state index contributed by atoms with van der Waals surface area (Å²) < 4.78 is 1.53. The number of aromatic hydroxyl groups is 1. The van der Waals surface area contributed by atoms with Crippen molar-refractivity contribution in [3.63, 3.8) is 0 Å². The van der Waals surface area contributed by atoms with Crippen LogP contribution in [0, 0.1) is 17.0 Å². The van der Waals surface area contributed by atoms with E-state index < -0.39 is 22.3 Å². The predicted molar refractivity (Wildman–Crippen MR) is 114 cm³/mol. The van der Waals surface area contributed by atoms with Crippen molar-refractivity contribution in [2.75, 3.05) is 0 Å². The highest BCUT2D eigenvalue weighted by Gasteiger charge is 2.27. The van der Waals surface area contributed by atoms with E-state index >= 15 is 0 Å². The number of phenols is 1. The summed E-state index contributed by atoms with van der Waals surface area (Å²) >= 11 is 0. The highest BCUT2D eigenvalue weighted by molar-refractivity contribution is 6.02. The van der Waals surface area contributed by atoms with E-state index in [1.54, 1.807) is 24.3 Å². The largest absolute Gasteiger partial charge is 0.502 e. The Kier molecular flexibility index (Phi) is 4.96. The molecule has 31 heavy (non-hydrogen) atoms. The summed E-state index contributed by atoms with van der Waals surface area (Å²) in [5.74, 6) is -1.77. The molecule has 0 amide bonds. The molecule has 0 spiro atoms. The Bertz CT molecular complexity index is 1300. The first-order valence-electron chi connectivity index (χ1n) is 9.33. The molecule has 8 heteroatoms. The van der Waals surface area contributed by atoms with Crippen molar-refractivity contribution in [3.8, 4) is 34.0 Å². The van der Waals surface area contributed by atoms with Crippen LogP contribution in [0.2, 0.25) is 0 Å². The topological polar surface area (TPSA) is 118 Å². The van der Waals surface area contributed by atoms with Gasteiger partial charge in [-0.3, -0.25) is 10.1 Å².